The maximum Gasteiger partial charge on any atom is 0.348 e. The minimum Gasteiger partial charge on any atom is -0.209 e. The molecule has 0 aromatic heterocycles. The molecule has 2 nitrogen and oxygen atoms in total. The smallest absolute Gasteiger partial charge is 0.209 e. The second-order valence-corrected chi connectivity index (χ2v) is 21.0. The Bertz CT molecular complexity index is 935. The summed E-state index contributed by atoms with van der Waals surface area (Å²) in [6, 6.07) is 0. The van der Waals surface area contributed by atoms with Crippen molar-refractivity contribution in [2.45, 2.75) is 349 Å². The second kappa shape index (κ2) is 48.3. The Hall–Kier alpha value is -0.630. The second-order valence-electron chi connectivity index (χ2n) is 21.0. The summed E-state index contributed by atoms with van der Waals surface area (Å²) in [5.41, 5.74) is 0. The largest absolute Gasteiger partial charge is 0.348 e. The van der Waals surface area contributed by atoms with E-state index >= 15 is 0 Å². The monoisotopic (exact) mass is 869 g/mol. The summed E-state index contributed by atoms with van der Waals surface area (Å²) in [6.45, 7) is 13.3. The Morgan fingerprint density at radius 1 is 0.274 bits per heavy atom. The van der Waals surface area contributed by atoms with Crippen LogP contribution in [0.5, 0.6) is 0 Å². The zero-order chi connectivity index (χ0) is 44.5. The van der Waals surface area contributed by atoms with Crippen LogP contribution in [-0.2, 0) is 0 Å². The van der Waals surface area contributed by atoms with Crippen molar-refractivity contribution < 1.29 is 9.06 Å². The molecule has 368 valence electrons. The zero-order valence-corrected chi connectivity index (χ0v) is 44.0. The summed E-state index contributed by atoms with van der Waals surface area (Å²) >= 11 is 0. The lowest BCUT2D eigenvalue weighted by Gasteiger charge is -2.29. The van der Waals surface area contributed by atoms with E-state index in [9.17, 15) is 0 Å². The van der Waals surface area contributed by atoms with Gasteiger partial charge in [0.2, 0.25) is 6.20 Å². The van der Waals surface area contributed by atoms with Gasteiger partial charge in [-0.25, -0.2) is 4.48 Å². The van der Waals surface area contributed by atoms with Crippen molar-refractivity contribution in [2.24, 2.45) is 0 Å². The fourth-order valence-corrected chi connectivity index (χ4v) is 10.6. The summed E-state index contributed by atoms with van der Waals surface area (Å²) < 4.78 is 4.03. The molecule has 1 aliphatic rings. The van der Waals surface area contributed by atoms with Gasteiger partial charge in [-0.3, -0.25) is 0 Å². The maximum atomic E-state index is 2.82. The molecule has 1 unspecified atom stereocenters. The first-order chi connectivity index (χ1) is 30.7. The average molecular weight is 870 g/mol. The van der Waals surface area contributed by atoms with Crippen LogP contribution in [-0.4, -0.2) is 34.5 Å². The molecule has 0 saturated carbocycles. The van der Waals surface area contributed by atoms with Crippen LogP contribution in [0.1, 0.15) is 349 Å². The van der Waals surface area contributed by atoms with Gasteiger partial charge in [-0.15, -0.1) is 0 Å². The van der Waals surface area contributed by atoms with E-state index in [4.69, 9.17) is 0 Å². The molecule has 0 saturated heterocycles. The molecular formula is C60H120N2+2. The van der Waals surface area contributed by atoms with Gasteiger partial charge >= 0.3 is 5.84 Å². The molecule has 0 amide bonds. The lowest BCUT2D eigenvalue weighted by Crippen LogP contribution is -2.50. The Morgan fingerprint density at radius 2 is 0.500 bits per heavy atom. The van der Waals surface area contributed by atoms with E-state index in [1.165, 1.54) is 345 Å². The molecule has 2 heteroatoms. The number of hydrogen-bond donors (Lipinski definition) is 0. The summed E-state index contributed by atoms with van der Waals surface area (Å²) in [5.74, 6) is 1.81. The highest BCUT2D eigenvalue weighted by molar-refractivity contribution is 5.72. The first kappa shape index (κ1) is 59.4. The van der Waals surface area contributed by atoms with E-state index in [2.05, 4.69) is 44.7 Å². The van der Waals surface area contributed by atoms with Gasteiger partial charge in [0.05, 0.1) is 19.5 Å². The minimum absolute atomic E-state index is 1.21. The van der Waals surface area contributed by atoms with E-state index in [0.29, 0.717) is 0 Å². The molecule has 0 bridgehead atoms. The van der Waals surface area contributed by atoms with E-state index in [1.807, 2.05) is 5.84 Å². The Labute approximate surface area is 394 Å². The lowest BCUT2D eigenvalue weighted by molar-refractivity contribution is -0.801. The molecule has 0 aromatic rings. The predicted molar refractivity (Wildman–Crippen MR) is 283 cm³/mol. The summed E-state index contributed by atoms with van der Waals surface area (Å²) in [4.78, 5) is 0. The third-order valence-corrected chi connectivity index (χ3v) is 15.0. The predicted octanol–water partition coefficient (Wildman–Crippen LogP) is 21.3. The highest BCUT2D eigenvalue weighted by Gasteiger charge is 2.42. The number of quaternary nitrogens is 1. The lowest BCUT2D eigenvalue weighted by atomic mass is 10.0. The molecule has 0 N–H and O–H groups in total. The van der Waals surface area contributed by atoms with Crippen LogP contribution >= 0.6 is 0 Å². The molecule has 62 heavy (non-hydrogen) atoms. The van der Waals surface area contributed by atoms with Crippen molar-refractivity contribution in [3.8, 4) is 0 Å². The molecule has 0 spiro atoms. The molecule has 0 aromatic carbocycles. The van der Waals surface area contributed by atoms with Crippen molar-refractivity contribution >= 4 is 5.84 Å². The minimum atomic E-state index is 1.21. The normalized spacial score (nSPS) is 15.2. The summed E-state index contributed by atoms with van der Waals surface area (Å²) in [5, 5.41) is 0. The van der Waals surface area contributed by atoms with Gasteiger partial charge in [0.1, 0.15) is 0 Å². The molecular weight excluding hydrogens is 749 g/mol. The number of rotatable bonds is 53. The van der Waals surface area contributed by atoms with Gasteiger partial charge in [-0.1, -0.05) is 297 Å². The quantitative estimate of drug-likeness (QED) is 0.0325. The third-order valence-electron chi connectivity index (χ3n) is 15.0. The van der Waals surface area contributed by atoms with Crippen molar-refractivity contribution in [3.63, 3.8) is 0 Å². The van der Waals surface area contributed by atoms with Crippen LogP contribution < -0.4 is 0 Å². The SMILES string of the molecule is CCCCCCCCCCCCCCC[N+]1(CCCCCCCCCCCCCC)C=C[N+](CCCCCCCCCCCCCC)=C1CCCCCCCCCCCCCC. The number of unbranched alkanes of at least 4 members (excludes halogenated alkanes) is 45. The van der Waals surface area contributed by atoms with Crippen LogP contribution in [0.3, 0.4) is 0 Å². The summed E-state index contributed by atoms with van der Waals surface area (Å²) in [7, 11) is 0. The van der Waals surface area contributed by atoms with Crippen LogP contribution in [0.25, 0.3) is 0 Å². The van der Waals surface area contributed by atoms with E-state index in [0.717, 1.165) is 0 Å². The van der Waals surface area contributed by atoms with E-state index in [-0.39, 0.29) is 0 Å². The molecule has 0 fully saturated rings. The highest BCUT2D eigenvalue weighted by atomic mass is 15.4. The average Bonchev–Trinajstić information content (AvgIpc) is 3.62. The molecule has 1 rings (SSSR count). The van der Waals surface area contributed by atoms with E-state index in [1.54, 1.807) is 0 Å². The van der Waals surface area contributed by atoms with Crippen LogP contribution in [0.4, 0.5) is 0 Å². The van der Waals surface area contributed by atoms with Crippen molar-refractivity contribution in [2.75, 3.05) is 19.6 Å². The molecule has 1 atom stereocenters. The van der Waals surface area contributed by atoms with Crippen LogP contribution in [0.2, 0.25) is 0 Å². The maximum absolute atomic E-state index is 2.82. The molecule has 1 heterocycles. The van der Waals surface area contributed by atoms with Crippen molar-refractivity contribution in [1.82, 2.24) is 0 Å². The Balaban J connectivity index is 2.73. The van der Waals surface area contributed by atoms with Gasteiger partial charge in [-0.05, 0) is 38.5 Å². The van der Waals surface area contributed by atoms with Gasteiger partial charge < -0.3 is 0 Å². The van der Waals surface area contributed by atoms with Crippen molar-refractivity contribution in [3.05, 3.63) is 12.4 Å². The third kappa shape index (κ3) is 36.6. The number of amidine groups is 1. The number of hydrogen-bond acceptors (Lipinski definition) is 0. The van der Waals surface area contributed by atoms with Gasteiger partial charge in [0.15, 0.2) is 12.7 Å². The Kier molecular flexibility index (Phi) is 46.3. The van der Waals surface area contributed by atoms with Crippen molar-refractivity contribution in [1.29, 1.82) is 0 Å². The van der Waals surface area contributed by atoms with Crippen LogP contribution in [0, 0.1) is 0 Å². The zero-order valence-electron chi connectivity index (χ0n) is 44.0. The van der Waals surface area contributed by atoms with E-state index < -0.39 is 0 Å². The van der Waals surface area contributed by atoms with Gasteiger partial charge in [0.25, 0.3) is 0 Å². The fourth-order valence-electron chi connectivity index (χ4n) is 10.6. The molecule has 0 radical (unpaired) electrons. The highest BCUT2D eigenvalue weighted by Crippen LogP contribution is 2.26. The standard InChI is InChI=1S/C60H120N2/c1-5-9-13-17-21-25-29-33-37-41-45-49-53-58-62(57-52-48-44-40-36-32-28-24-20-16-12-8-4)59-56-61(55-51-47-43-39-35-31-27-23-19-15-11-7-3)60(62)54-50-46-42-38-34-30-26-22-18-14-10-6-2/h56,59H,5-55,57-58H2,1-4H3/q+2. The molecule has 1 aliphatic heterocycles. The first-order valence-corrected chi connectivity index (χ1v) is 29.9. The summed E-state index contributed by atoms with van der Waals surface area (Å²) in [6.07, 6.45) is 77.5. The fraction of sp³-hybridized carbons (Fsp3) is 0.950. The van der Waals surface area contributed by atoms with Gasteiger partial charge in [0, 0.05) is 6.42 Å². The van der Waals surface area contributed by atoms with Gasteiger partial charge in [-0.2, -0.15) is 4.58 Å². The van der Waals surface area contributed by atoms with Crippen LogP contribution in [0.15, 0.2) is 12.4 Å². The Morgan fingerprint density at radius 3 is 0.774 bits per heavy atom. The first-order valence-electron chi connectivity index (χ1n) is 29.9. The number of nitrogens with zero attached hydrogens (tertiary/aromatic N) is 2. The topological polar surface area (TPSA) is 3.01 Å². The molecule has 0 aliphatic carbocycles.